The van der Waals surface area contributed by atoms with Crippen LogP contribution < -0.4 is 5.32 Å². The van der Waals surface area contributed by atoms with Gasteiger partial charge in [0, 0.05) is 14.2 Å². The number of nitrogens with zero attached hydrogens (tertiary/aromatic N) is 1. The number of ether oxygens (including phenoxy) is 2. The lowest BCUT2D eigenvalue weighted by atomic mass is 9.99. The van der Waals surface area contributed by atoms with Crippen molar-refractivity contribution in [1.82, 2.24) is 10.2 Å². The van der Waals surface area contributed by atoms with Crippen molar-refractivity contribution in [2.24, 2.45) is 0 Å². The van der Waals surface area contributed by atoms with Crippen molar-refractivity contribution in [2.45, 2.75) is 51.4 Å². The van der Waals surface area contributed by atoms with Gasteiger partial charge in [0.15, 0.2) is 0 Å². The number of amides is 1. The van der Waals surface area contributed by atoms with Crippen LogP contribution in [0.1, 0.15) is 33.6 Å². The summed E-state index contributed by atoms with van der Waals surface area (Å²) in [6, 6.07) is 0. The molecule has 1 aliphatic heterocycles. The van der Waals surface area contributed by atoms with E-state index >= 15 is 0 Å². The SMILES string of the molecule is CCC1NC(C)(CC)C(=O)N1CC(COC)OC. The Morgan fingerprint density at radius 3 is 2.56 bits per heavy atom. The van der Waals surface area contributed by atoms with Crippen LogP contribution in [-0.4, -0.2) is 56.0 Å². The molecular weight excluding hydrogens is 232 g/mol. The van der Waals surface area contributed by atoms with E-state index in [0.29, 0.717) is 13.2 Å². The van der Waals surface area contributed by atoms with Gasteiger partial charge in [-0.3, -0.25) is 10.1 Å². The second-order valence-electron chi connectivity index (χ2n) is 5.02. The molecule has 3 unspecified atom stereocenters. The Kier molecular flexibility index (Phi) is 5.56. The summed E-state index contributed by atoms with van der Waals surface area (Å²) in [5.41, 5.74) is -0.438. The fourth-order valence-electron chi connectivity index (χ4n) is 2.35. The van der Waals surface area contributed by atoms with Crippen LogP contribution in [0.3, 0.4) is 0 Å². The fourth-order valence-corrected chi connectivity index (χ4v) is 2.35. The molecule has 0 aromatic rings. The van der Waals surface area contributed by atoms with Crippen molar-refractivity contribution in [2.75, 3.05) is 27.4 Å². The van der Waals surface area contributed by atoms with Crippen LogP contribution in [-0.2, 0) is 14.3 Å². The van der Waals surface area contributed by atoms with Gasteiger partial charge in [-0.2, -0.15) is 0 Å². The maximum atomic E-state index is 12.5. The lowest BCUT2D eigenvalue weighted by Crippen LogP contribution is -2.44. The molecule has 1 amide bonds. The number of nitrogens with one attached hydrogen (secondary N) is 1. The molecule has 0 aliphatic carbocycles. The summed E-state index contributed by atoms with van der Waals surface area (Å²) in [4.78, 5) is 14.3. The van der Waals surface area contributed by atoms with E-state index in [1.54, 1.807) is 14.2 Å². The number of hydrogen-bond acceptors (Lipinski definition) is 4. The lowest BCUT2D eigenvalue weighted by molar-refractivity contribution is -0.135. The molecule has 5 nitrogen and oxygen atoms in total. The van der Waals surface area contributed by atoms with E-state index in [1.807, 2.05) is 18.7 Å². The number of methoxy groups -OCH3 is 2. The van der Waals surface area contributed by atoms with Gasteiger partial charge in [0.1, 0.15) is 0 Å². The molecule has 3 atom stereocenters. The monoisotopic (exact) mass is 258 g/mol. The number of carbonyl (C=O) groups excluding carboxylic acids is 1. The van der Waals surface area contributed by atoms with E-state index in [4.69, 9.17) is 9.47 Å². The Labute approximate surface area is 110 Å². The molecule has 1 fully saturated rings. The molecule has 5 heteroatoms. The molecule has 0 saturated carbocycles. The zero-order chi connectivity index (χ0) is 13.8. The Morgan fingerprint density at radius 1 is 1.44 bits per heavy atom. The van der Waals surface area contributed by atoms with E-state index in [1.165, 1.54) is 0 Å². The first-order valence-electron chi connectivity index (χ1n) is 6.62. The molecule has 0 bridgehead atoms. The Bertz CT molecular complexity index is 285. The van der Waals surface area contributed by atoms with Crippen molar-refractivity contribution >= 4 is 5.91 Å². The fraction of sp³-hybridized carbons (Fsp3) is 0.923. The molecule has 1 aliphatic rings. The highest BCUT2D eigenvalue weighted by Gasteiger charge is 2.46. The van der Waals surface area contributed by atoms with Gasteiger partial charge < -0.3 is 14.4 Å². The summed E-state index contributed by atoms with van der Waals surface area (Å²) in [5, 5.41) is 3.42. The van der Waals surface area contributed by atoms with Gasteiger partial charge in [-0.15, -0.1) is 0 Å². The molecule has 18 heavy (non-hydrogen) atoms. The highest BCUT2D eigenvalue weighted by molar-refractivity contribution is 5.88. The van der Waals surface area contributed by atoms with Crippen LogP contribution in [0, 0.1) is 0 Å². The zero-order valence-corrected chi connectivity index (χ0v) is 12.2. The van der Waals surface area contributed by atoms with Crippen LogP contribution >= 0.6 is 0 Å². The smallest absolute Gasteiger partial charge is 0.243 e. The molecule has 0 aromatic heterocycles. The Balaban J connectivity index is 2.76. The van der Waals surface area contributed by atoms with Crippen molar-refractivity contribution in [3.8, 4) is 0 Å². The van der Waals surface area contributed by atoms with Gasteiger partial charge in [-0.05, 0) is 19.8 Å². The molecule has 1 heterocycles. The minimum atomic E-state index is -0.438. The quantitative estimate of drug-likeness (QED) is 0.740. The van der Waals surface area contributed by atoms with E-state index < -0.39 is 5.54 Å². The third-order valence-electron chi connectivity index (χ3n) is 3.77. The second-order valence-corrected chi connectivity index (χ2v) is 5.02. The van der Waals surface area contributed by atoms with E-state index in [-0.39, 0.29) is 18.2 Å². The predicted molar refractivity (Wildman–Crippen MR) is 70.3 cm³/mol. The average molecular weight is 258 g/mol. The Hall–Kier alpha value is -0.650. The third kappa shape index (κ3) is 3.02. The molecular formula is C13H26N2O3. The maximum Gasteiger partial charge on any atom is 0.243 e. The van der Waals surface area contributed by atoms with Crippen molar-refractivity contribution in [3.05, 3.63) is 0 Å². The van der Waals surface area contributed by atoms with Crippen LogP contribution in [0.4, 0.5) is 0 Å². The average Bonchev–Trinajstić information content (AvgIpc) is 2.63. The van der Waals surface area contributed by atoms with Crippen molar-refractivity contribution in [1.29, 1.82) is 0 Å². The summed E-state index contributed by atoms with van der Waals surface area (Å²) >= 11 is 0. The Morgan fingerprint density at radius 2 is 2.11 bits per heavy atom. The molecule has 106 valence electrons. The summed E-state index contributed by atoms with van der Waals surface area (Å²) in [6.07, 6.45) is 1.71. The maximum absolute atomic E-state index is 12.5. The van der Waals surface area contributed by atoms with Gasteiger partial charge in [0.25, 0.3) is 0 Å². The van der Waals surface area contributed by atoms with Gasteiger partial charge >= 0.3 is 0 Å². The first-order chi connectivity index (χ1) is 8.52. The lowest BCUT2D eigenvalue weighted by Gasteiger charge is -2.27. The third-order valence-corrected chi connectivity index (χ3v) is 3.77. The van der Waals surface area contributed by atoms with Crippen LogP contribution in [0.2, 0.25) is 0 Å². The van der Waals surface area contributed by atoms with Crippen LogP contribution in [0.5, 0.6) is 0 Å². The van der Waals surface area contributed by atoms with E-state index in [2.05, 4.69) is 12.2 Å². The number of hydrogen-bond donors (Lipinski definition) is 1. The standard InChI is InChI=1S/C13H26N2O3/c1-6-11-14-13(3,7-2)12(16)15(11)8-10(18-5)9-17-4/h10-11,14H,6-9H2,1-5H3. The highest BCUT2D eigenvalue weighted by atomic mass is 16.5. The van der Waals surface area contributed by atoms with E-state index in [9.17, 15) is 4.79 Å². The van der Waals surface area contributed by atoms with Gasteiger partial charge in [-0.25, -0.2) is 0 Å². The topological polar surface area (TPSA) is 50.8 Å². The molecule has 0 aromatic carbocycles. The molecule has 1 saturated heterocycles. The molecule has 0 spiro atoms. The summed E-state index contributed by atoms with van der Waals surface area (Å²) in [6.45, 7) is 7.15. The van der Waals surface area contributed by atoms with Crippen molar-refractivity contribution in [3.63, 3.8) is 0 Å². The molecule has 1 N–H and O–H groups in total. The normalized spacial score (nSPS) is 29.9. The summed E-state index contributed by atoms with van der Waals surface area (Å²) in [5.74, 6) is 0.162. The molecule has 1 rings (SSSR count). The summed E-state index contributed by atoms with van der Waals surface area (Å²) in [7, 11) is 3.29. The van der Waals surface area contributed by atoms with E-state index in [0.717, 1.165) is 12.8 Å². The largest absolute Gasteiger partial charge is 0.382 e. The van der Waals surface area contributed by atoms with Gasteiger partial charge in [-0.1, -0.05) is 13.8 Å². The van der Waals surface area contributed by atoms with Crippen molar-refractivity contribution < 1.29 is 14.3 Å². The highest BCUT2D eigenvalue weighted by Crippen LogP contribution is 2.25. The minimum absolute atomic E-state index is 0.0750. The first-order valence-corrected chi connectivity index (χ1v) is 6.62. The number of carbonyl (C=O) groups is 1. The zero-order valence-electron chi connectivity index (χ0n) is 12.2. The first kappa shape index (κ1) is 15.4. The van der Waals surface area contributed by atoms with Gasteiger partial charge in [0.05, 0.1) is 31.0 Å². The van der Waals surface area contributed by atoms with Crippen LogP contribution in [0.25, 0.3) is 0 Å². The van der Waals surface area contributed by atoms with Crippen LogP contribution in [0.15, 0.2) is 0 Å². The summed E-state index contributed by atoms with van der Waals surface area (Å²) < 4.78 is 10.5. The second kappa shape index (κ2) is 6.50. The molecule has 0 radical (unpaired) electrons. The van der Waals surface area contributed by atoms with Gasteiger partial charge in [0.2, 0.25) is 5.91 Å². The minimum Gasteiger partial charge on any atom is -0.382 e. The predicted octanol–water partition coefficient (Wildman–Crippen LogP) is 0.984. The number of rotatable bonds is 7.